The van der Waals surface area contributed by atoms with E-state index in [9.17, 15) is 0 Å². The van der Waals surface area contributed by atoms with E-state index < -0.39 is 0 Å². The van der Waals surface area contributed by atoms with Gasteiger partial charge >= 0.3 is 0 Å². The fourth-order valence-electron chi connectivity index (χ4n) is 3.29. The summed E-state index contributed by atoms with van der Waals surface area (Å²) in [6.07, 6.45) is 7.59. The number of para-hydroxylation sites is 1. The largest absolute Gasteiger partial charge is 0.350 e. The zero-order chi connectivity index (χ0) is 13.7. The van der Waals surface area contributed by atoms with E-state index in [1.54, 1.807) is 0 Å². The first-order valence-electron chi connectivity index (χ1n) is 7.76. The zero-order valence-electron chi connectivity index (χ0n) is 12.3. The van der Waals surface area contributed by atoms with Crippen LogP contribution in [0.3, 0.4) is 0 Å². The number of aryl methyl sites for hydroxylation is 1. The van der Waals surface area contributed by atoms with Crippen molar-refractivity contribution in [1.82, 2.24) is 4.57 Å². The topological polar surface area (TPSA) is 4.93 Å². The van der Waals surface area contributed by atoms with Crippen molar-refractivity contribution < 1.29 is 0 Å². The van der Waals surface area contributed by atoms with E-state index in [0.717, 1.165) is 5.92 Å². The molecule has 4 rings (SSSR count). The van der Waals surface area contributed by atoms with Crippen molar-refractivity contribution in [3.63, 3.8) is 0 Å². The maximum absolute atomic E-state index is 3.68. The van der Waals surface area contributed by atoms with Crippen molar-refractivity contribution in [2.75, 3.05) is 0 Å². The van der Waals surface area contributed by atoms with E-state index in [-0.39, 0.29) is 5.41 Å². The predicted octanol–water partition coefficient (Wildman–Crippen LogP) is 4.26. The average Bonchev–Trinajstić information content (AvgIpc) is 3.36. The Hall–Kier alpha value is -1.68. The van der Waals surface area contributed by atoms with Gasteiger partial charge in [-0.05, 0) is 50.2 Å². The fraction of sp³-hybridized carbons (Fsp3) is 0.474. The van der Waals surface area contributed by atoms with Gasteiger partial charge in [0.1, 0.15) is 0 Å². The van der Waals surface area contributed by atoms with Crippen LogP contribution in [0.5, 0.6) is 0 Å². The molecule has 0 radical (unpaired) electrons. The van der Waals surface area contributed by atoms with E-state index in [1.807, 2.05) is 0 Å². The summed E-state index contributed by atoms with van der Waals surface area (Å²) in [6.45, 7) is 2.36. The Bertz CT molecular complexity index is 719. The van der Waals surface area contributed by atoms with Crippen LogP contribution in [0.25, 0.3) is 10.9 Å². The van der Waals surface area contributed by atoms with E-state index in [2.05, 4.69) is 60.8 Å². The van der Waals surface area contributed by atoms with E-state index in [0.29, 0.717) is 5.92 Å². The fourth-order valence-corrected chi connectivity index (χ4v) is 3.29. The molecule has 1 unspecified atom stereocenters. The molecule has 0 bridgehead atoms. The van der Waals surface area contributed by atoms with Crippen LogP contribution in [0.1, 0.15) is 38.2 Å². The number of hydrogen-bond acceptors (Lipinski definition) is 0. The third-order valence-corrected chi connectivity index (χ3v) is 4.96. The van der Waals surface area contributed by atoms with Crippen LogP contribution in [0.15, 0.2) is 30.5 Å². The molecule has 1 nitrogen and oxygen atoms in total. The molecule has 2 aromatic rings. The highest BCUT2D eigenvalue weighted by Gasteiger charge is 2.43. The second-order valence-electron chi connectivity index (χ2n) is 6.69. The molecule has 0 aliphatic heterocycles. The number of rotatable bonds is 2. The highest BCUT2D eigenvalue weighted by molar-refractivity contribution is 5.85. The SMILES string of the molecule is Cn1cc(C(C)(C#CC2CC2)C2CC2)c2ccccc21. The summed E-state index contributed by atoms with van der Waals surface area (Å²) in [5.41, 5.74) is 2.80. The number of hydrogen-bond donors (Lipinski definition) is 0. The molecule has 1 aromatic heterocycles. The highest BCUT2D eigenvalue weighted by atomic mass is 14.9. The molecule has 2 aliphatic rings. The standard InChI is InChI=1S/C19H21N/c1-19(15-9-10-15,12-11-14-7-8-14)17-13-20(2)18-6-4-3-5-16(17)18/h3-6,13-15H,7-10H2,1-2H3. The Morgan fingerprint density at radius 2 is 1.90 bits per heavy atom. The molecule has 2 saturated carbocycles. The summed E-state index contributed by atoms with van der Waals surface area (Å²) >= 11 is 0. The van der Waals surface area contributed by atoms with Crippen molar-refractivity contribution >= 4 is 10.9 Å². The third-order valence-electron chi connectivity index (χ3n) is 4.96. The monoisotopic (exact) mass is 263 g/mol. The normalized spacial score (nSPS) is 21.3. The van der Waals surface area contributed by atoms with Crippen LogP contribution in [0, 0.1) is 23.7 Å². The van der Waals surface area contributed by atoms with Gasteiger partial charge in [-0.1, -0.05) is 30.0 Å². The molecule has 0 amide bonds. The summed E-state index contributed by atoms with van der Waals surface area (Å²) in [5.74, 6) is 8.64. The Kier molecular flexibility index (Phi) is 2.51. The quantitative estimate of drug-likeness (QED) is 0.713. The molecule has 1 heterocycles. The molecule has 0 spiro atoms. The smallest absolute Gasteiger partial charge is 0.0583 e. The van der Waals surface area contributed by atoms with Gasteiger partial charge in [-0.3, -0.25) is 0 Å². The molecule has 20 heavy (non-hydrogen) atoms. The van der Waals surface area contributed by atoms with Crippen molar-refractivity contribution in [2.45, 2.75) is 38.0 Å². The molecular formula is C19H21N. The third kappa shape index (κ3) is 1.86. The van der Waals surface area contributed by atoms with Crippen LogP contribution >= 0.6 is 0 Å². The van der Waals surface area contributed by atoms with Gasteiger partial charge in [0.15, 0.2) is 0 Å². The average molecular weight is 263 g/mol. The van der Waals surface area contributed by atoms with Gasteiger partial charge < -0.3 is 4.57 Å². The summed E-state index contributed by atoms with van der Waals surface area (Å²) in [4.78, 5) is 0. The maximum atomic E-state index is 3.68. The molecule has 1 atom stereocenters. The van der Waals surface area contributed by atoms with E-state index in [4.69, 9.17) is 0 Å². The second-order valence-corrected chi connectivity index (χ2v) is 6.69. The molecule has 0 saturated heterocycles. The van der Waals surface area contributed by atoms with E-state index >= 15 is 0 Å². The van der Waals surface area contributed by atoms with Gasteiger partial charge in [-0.25, -0.2) is 0 Å². The van der Waals surface area contributed by atoms with E-state index in [1.165, 1.54) is 42.1 Å². The minimum Gasteiger partial charge on any atom is -0.350 e. The van der Waals surface area contributed by atoms with Crippen LogP contribution in [-0.2, 0) is 12.5 Å². The summed E-state index contributed by atoms with van der Waals surface area (Å²) < 4.78 is 2.25. The van der Waals surface area contributed by atoms with Gasteiger partial charge in [0.2, 0.25) is 0 Å². The Labute approximate surface area is 121 Å². The summed E-state index contributed by atoms with van der Waals surface area (Å²) in [6, 6.07) is 8.73. The molecule has 2 fully saturated rings. The molecule has 2 aliphatic carbocycles. The summed E-state index contributed by atoms with van der Waals surface area (Å²) in [5, 5.41) is 1.38. The minimum atomic E-state index is 0.0451. The number of fused-ring (bicyclic) bond motifs is 1. The summed E-state index contributed by atoms with van der Waals surface area (Å²) in [7, 11) is 2.15. The van der Waals surface area contributed by atoms with Crippen molar-refractivity contribution in [3.8, 4) is 11.8 Å². The lowest BCUT2D eigenvalue weighted by molar-refractivity contribution is 0.538. The van der Waals surface area contributed by atoms with Crippen LogP contribution < -0.4 is 0 Å². The van der Waals surface area contributed by atoms with Crippen LogP contribution in [0.2, 0.25) is 0 Å². The lowest BCUT2D eigenvalue weighted by Gasteiger charge is -2.23. The van der Waals surface area contributed by atoms with Gasteiger partial charge in [-0.2, -0.15) is 0 Å². The first kappa shape index (κ1) is 12.1. The Morgan fingerprint density at radius 1 is 1.15 bits per heavy atom. The molecule has 1 aromatic carbocycles. The molecule has 1 heteroatoms. The highest BCUT2D eigenvalue weighted by Crippen LogP contribution is 2.49. The number of nitrogens with zero attached hydrogens (tertiary/aromatic N) is 1. The lowest BCUT2D eigenvalue weighted by Crippen LogP contribution is -2.22. The van der Waals surface area contributed by atoms with Crippen molar-refractivity contribution in [1.29, 1.82) is 0 Å². The first-order chi connectivity index (χ1) is 9.68. The van der Waals surface area contributed by atoms with Crippen LogP contribution in [0.4, 0.5) is 0 Å². The molecule has 0 N–H and O–H groups in total. The molecular weight excluding hydrogens is 242 g/mol. The van der Waals surface area contributed by atoms with Crippen molar-refractivity contribution in [3.05, 3.63) is 36.0 Å². The van der Waals surface area contributed by atoms with Crippen LogP contribution in [-0.4, -0.2) is 4.57 Å². The van der Waals surface area contributed by atoms with Crippen molar-refractivity contribution in [2.24, 2.45) is 18.9 Å². The predicted molar refractivity (Wildman–Crippen MR) is 83.5 cm³/mol. The molecule has 102 valence electrons. The maximum Gasteiger partial charge on any atom is 0.0583 e. The second kappa shape index (κ2) is 4.16. The van der Waals surface area contributed by atoms with Gasteiger partial charge in [0.05, 0.1) is 5.41 Å². The lowest BCUT2D eigenvalue weighted by atomic mass is 9.78. The Morgan fingerprint density at radius 3 is 2.60 bits per heavy atom. The van der Waals surface area contributed by atoms with Gasteiger partial charge in [-0.15, -0.1) is 0 Å². The van der Waals surface area contributed by atoms with Gasteiger partial charge in [0.25, 0.3) is 0 Å². The minimum absolute atomic E-state index is 0.0451. The first-order valence-corrected chi connectivity index (χ1v) is 7.76. The Balaban J connectivity index is 1.88. The van der Waals surface area contributed by atoms with Gasteiger partial charge in [0, 0.05) is 30.1 Å². The number of aromatic nitrogens is 1. The number of benzene rings is 1. The zero-order valence-corrected chi connectivity index (χ0v) is 12.3.